The van der Waals surface area contributed by atoms with E-state index in [9.17, 15) is 86.0 Å². The molecule has 0 unspecified atom stereocenters. The van der Waals surface area contributed by atoms with Gasteiger partial charge in [0, 0.05) is 123 Å². The topological polar surface area (TPSA) is 411 Å². The Kier molecular flexibility index (Phi) is 32.5. The van der Waals surface area contributed by atoms with Crippen LogP contribution < -0.4 is 42.6 Å². The van der Waals surface area contributed by atoms with Gasteiger partial charge in [-0.15, -0.1) is 0 Å². The molecule has 758 valence electrons. The Morgan fingerprint density at radius 3 is 0.842 bits per heavy atom. The molecule has 0 atom stereocenters. The number of hydrogen-bond acceptors (Lipinski definition) is 19. The predicted octanol–water partition coefficient (Wildman–Crippen LogP) is 23.2. The highest BCUT2D eigenvalue weighted by Gasteiger charge is 2.33. The minimum absolute atomic E-state index is 0.0186. The first kappa shape index (κ1) is 106. The molecule has 146 heavy (non-hydrogen) atoms. The summed E-state index contributed by atoms with van der Waals surface area (Å²) in [5.74, 6) is 3.86. The van der Waals surface area contributed by atoms with Gasteiger partial charge in [0.15, 0.2) is 0 Å². The monoisotopic (exact) mass is 2100 g/mol. The van der Waals surface area contributed by atoms with Crippen LogP contribution in [0.5, 0.6) is 23.0 Å². The van der Waals surface area contributed by atoms with E-state index < -0.39 is 63.3 Å². The summed E-state index contributed by atoms with van der Waals surface area (Å²) in [6.45, 7) is 4.99. The molecule has 0 radical (unpaired) electrons. The molecular formula is C107H106ClF4N15O14S5. The minimum Gasteiger partial charge on any atom is -0.497 e. The highest BCUT2D eigenvalue weighted by Crippen LogP contribution is 2.47. The van der Waals surface area contributed by atoms with E-state index in [2.05, 4.69) is 77.1 Å². The third-order valence-corrected chi connectivity index (χ3v) is 30.7. The number of fused-ring (bicyclic) bond motifs is 5. The highest BCUT2D eigenvalue weighted by atomic mass is 35.5. The number of aromatic nitrogens is 5. The van der Waals surface area contributed by atoms with Crippen molar-refractivity contribution >= 4 is 145 Å². The first-order chi connectivity index (χ1) is 69.8. The highest BCUT2D eigenvalue weighted by molar-refractivity contribution is 7.93. The van der Waals surface area contributed by atoms with Crippen LogP contribution in [-0.2, 0) is 82.8 Å². The number of sulfonamides is 5. The standard InChI is InChI=1S/C22H21F2N3O3S.C22H23N3O3S.C21H22ClN3O2S.C21H19F2N3O3S.C21H21N3O3S/c1-2-31(28,29)26-16-7-5-15(6-8-16)21-19(12-25)18-10-9-17(30-22(23)24)11-20(18)27(21)13-14-3-4-14;1-3-29(26,27)24-17-8-6-16(7-9-17)22-20(13-23)19-11-10-18(28-2)12-21(19)25(22)14-15-4-5-15;1-3-5-12-28(26,27)24-17-9-6-15(7-10-17)21-19(14-23)18-13-16(22)8-11-20(18)25(21)4-2;1-30(27,28)25-15-6-4-14(5-7-15)20-18(11-24)17-9-8-16(29-21(22)23)10-19(17)26(20)12-13-2-3-13;1-27-17-9-10-18-19(12-22)21(24(20(18)11-17)13-14-3-4-14)15-5-7-16(8-6-15)23-28(2,25)26/h5-11,14,22,26H,2-4,13H2,1H3;6-12,15,24H,3-5,14H2,1-2H3;6-11,13,24H,3-5,12H2,1-2H3;4-10,13,21,25H,2-3,12H2,1H3;5-11,14,23H,3-4,13H2,1-2H3. The van der Waals surface area contributed by atoms with E-state index in [0.29, 0.717) is 144 Å². The molecule has 0 aliphatic heterocycles. The number of rotatable bonds is 35. The zero-order valence-electron chi connectivity index (χ0n) is 81.0. The molecule has 4 aliphatic rings. The Balaban J connectivity index is 0.000000137. The summed E-state index contributed by atoms with van der Waals surface area (Å²) in [6, 6.07) is 72.8. The number of hydrogen-bond donors (Lipinski definition) is 5. The number of ether oxygens (including phenoxy) is 4. The summed E-state index contributed by atoms with van der Waals surface area (Å²) >= 11 is 6.13. The SMILES string of the molecule is CCCCS(=O)(=O)Nc1ccc(-c2c(C#N)c3cc(Cl)ccc3n2CC)cc1.CCS(=O)(=O)Nc1ccc(-c2c(C#N)c3ccc(OC(F)F)cc3n2CC2CC2)cc1.CCS(=O)(=O)Nc1ccc(-c2c(C#N)c3ccc(OC)cc3n2CC2CC2)cc1.COc1ccc2c(C#N)c(-c3ccc(NS(C)(=O)=O)cc3)n(CC3CC3)c2c1.CS(=O)(=O)Nc1ccc(-c2c(C#N)c3ccc(OC(F)F)cc3n2CC2CC2)cc1. The Morgan fingerprint density at radius 2 is 0.596 bits per heavy atom. The van der Waals surface area contributed by atoms with Crippen molar-refractivity contribution in [1.82, 2.24) is 22.8 Å². The normalized spacial score (nSPS) is 13.5. The van der Waals surface area contributed by atoms with Crippen LogP contribution in [-0.4, -0.2) is 122 Å². The number of anilines is 5. The molecule has 39 heteroatoms. The van der Waals surface area contributed by atoms with Crippen LogP contribution in [0, 0.1) is 80.3 Å². The molecule has 5 N–H and O–H groups in total. The molecule has 15 aromatic rings. The number of halogens is 5. The van der Waals surface area contributed by atoms with E-state index in [1.807, 2.05) is 108 Å². The van der Waals surface area contributed by atoms with Crippen molar-refractivity contribution in [3.8, 4) is 110 Å². The van der Waals surface area contributed by atoms with Crippen molar-refractivity contribution in [1.29, 1.82) is 26.3 Å². The van der Waals surface area contributed by atoms with Gasteiger partial charge in [-0.3, -0.25) is 23.6 Å². The second-order valence-corrected chi connectivity index (χ2v) is 45.9. The van der Waals surface area contributed by atoms with E-state index in [4.69, 9.17) is 21.1 Å². The largest absolute Gasteiger partial charge is 0.497 e. The third kappa shape index (κ3) is 25.6. The average Bonchev–Trinajstić information content (AvgIpc) is 1.67. The summed E-state index contributed by atoms with van der Waals surface area (Å²) in [5, 5.41) is 53.8. The van der Waals surface area contributed by atoms with Crippen LogP contribution in [0.1, 0.15) is 120 Å². The zero-order chi connectivity index (χ0) is 104. The Labute approximate surface area is 850 Å². The maximum Gasteiger partial charge on any atom is 0.387 e. The molecule has 29 nitrogen and oxygen atoms in total. The van der Waals surface area contributed by atoms with Gasteiger partial charge >= 0.3 is 13.2 Å². The number of nitrogens with zero attached hydrogens (tertiary/aromatic N) is 10. The summed E-state index contributed by atoms with van der Waals surface area (Å²) in [6.07, 6.45) is 12.7. The maximum atomic E-state index is 12.7. The molecule has 4 aliphatic carbocycles. The van der Waals surface area contributed by atoms with Crippen LogP contribution in [0.4, 0.5) is 46.0 Å². The summed E-state index contributed by atoms with van der Waals surface area (Å²) < 4.78 is 211. The van der Waals surface area contributed by atoms with E-state index in [0.717, 1.165) is 147 Å². The second-order valence-electron chi connectivity index (χ2n) is 36.1. The van der Waals surface area contributed by atoms with Gasteiger partial charge in [0.1, 0.15) is 53.3 Å². The van der Waals surface area contributed by atoms with E-state index in [1.54, 1.807) is 131 Å². The van der Waals surface area contributed by atoms with E-state index in [1.165, 1.54) is 49.9 Å². The number of nitrogens with one attached hydrogen (secondary N) is 5. The minimum atomic E-state index is -3.40. The lowest BCUT2D eigenvalue weighted by Crippen LogP contribution is -2.16. The van der Waals surface area contributed by atoms with Crippen LogP contribution in [0.15, 0.2) is 212 Å². The first-order valence-electron chi connectivity index (χ1n) is 47.2. The number of alkyl halides is 4. The van der Waals surface area contributed by atoms with Gasteiger partial charge in [0.25, 0.3) is 0 Å². The fourth-order valence-corrected chi connectivity index (χ4v) is 21.5. The van der Waals surface area contributed by atoms with E-state index >= 15 is 0 Å². The molecule has 4 fully saturated rings. The third-order valence-electron chi connectivity index (χ3n) is 25.3. The Bertz CT molecular complexity index is 8280. The molecule has 10 aromatic carbocycles. The molecule has 0 saturated heterocycles. The van der Waals surface area contributed by atoms with Crippen LogP contribution in [0.25, 0.3) is 111 Å². The van der Waals surface area contributed by atoms with Gasteiger partial charge in [-0.2, -0.15) is 43.9 Å². The first-order valence-corrected chi connectivity index (χ1v) is 56.4. The molecule has 0 bridgehead atoms. The van der Waals surface area contributed by atoms with Gasteiger partial charge < -0.3 is 41.8 Å². The molecule has 0 amide bonds. The van der Waals surface area contributed by atoms with Crippen LogP contribution in [0.2, 0.25) is 5.02 Å². The van der Waals surface area contributed by atoms with Crippen molar-refractivity contribution in [2.75, 3.05) is 67.6 Å². The fraction of sp³-hybridized carbons (Fsp3) is 0.299. The summed E-state index contributed by atoms with van der Waals surface area (Å²) in [4.78, 5) is 0. The average molecular weight is 2100 g/mol. The van der Waals surface area contributed by atoms with Crippen molar-refractivity contribution in [3.05, 3.63) is 245 Å². The lowest BCUT2D eigenvalue weighted by atomic mass is 10.1. The molecule has 5 aromatic heterocycles. The lowest BCUT2D eigenvalue weighted by Gasteiger charge is -2.12. The van der Waals surface area contributed by atoms with Gasteiger partial charge in [0.05, 0.1) is 122 Å². The van der Waals surface area contributed by atoms with Crippen molar-refractivity contribution in [3.63, 3.8) is 0 Å². The number of aryl methyl sites for hydroxylation is 1. The predicted molar refractivity (Wildman–Crippen MR) is 564 cm³/mol. The van der Waals surface area contributed by atoms with Gasteiger partial charge in [-0.25, -0.2) is 42.1 Å². The lowest BCUT2D eigenvalue weighted by molar-refractivity contribution is -0.0504. The van der Waals surface area contributed by atoms with Crippen LogP contribution >= 0.6 is 11.6 Å². The molecule has 4 saturated carbocycles. The summed E-state index contributed by atoms with van der Waals surface area (Å²) in [7, 11) is -13.5. The maximum absolute atomic E-state index is 12.7. The zero-order valence-corrected chi connectivity index (χ0v) is 85.9. The number of benzene rings is 10. The smallest absolute Gasteiger partial charge is 0.387 e. The molecule has 5 heterocycles. The van der Waals surface area contributed by atoms with Crippen molar-refractivity contribution < 1.29 is 78.6 Å². The van der Waals surface area contributed by atoms with Crippen LogP contribution in [0.3, 0.4) is 0 Å². The number of methoxy groups -OCH3 is 2. The van der Waals surface area contributed by atoms with Gasteiger partial charge in [0.2, 0.25) is 50.1 Å². The molecule has 0 spiro atoms. The molecular weight excluding hydrogens is 1990 g/mol. The van der Waals surface area contributed by atoms with Gasteiger partial charge in [-0.1, -0.05) is 85.6 Å². The molecule has 19 rings (SSSR count). The Hall–Kier alpha value is -14.7. The fourth-order valence-electron chi connectivity index (χ4n) is 17.6. The van der Waals surface area contributed by atoms with Crippen molar-refractivity contribution in [2.24, 2.45) is 23.7 Å². The summed E-state index contributed by atoms with van der Waals surface area (Å²) in [5.41, 5.74) is 17.3. The number of nitriles is 5. The van der Waals surface area contributed by atoms with Crippen molar-refractivity contribution in [2.45, 2.75) is 138 Å². The van der Waals surface area contributed by atoms with E-state index in [-0.39, 0.29) is 28.8 Å². The van der Waals surface area contributed by atoms with Gasteiger partial charge in [-0.05, 0) is 257 Å². The quantitative estimate of drug-likeness (QED) is 0.0230. The second kappa shape index (κ2) is 44.9. The number of unbranched alkanes of at least 4 members (excludes halogenated alkanes) is 1. The Morgan fingerprint density at radius 1 is 0.336 bits per heavy atom.